The Kier molecular flexibility index (Phi) is 4.59. The molecule has 1 heterocycles. The quantitative estimate of drug-likeness (QED) is 0.749. The maximum atomic E-state index is 12.4. The van der Waals surface area contributed by atoms with Crippen LogP contribution in [0.2, 0.25) is 0 Å². The molecular weight excluding hydrogens is 304 g/mol. The molecule has 1 amide bonds. The summed E-state index contributed by atoms with van der Waals surface area (Å²) >= 11 is 3.31. The van der Waals surface area contributed by atoms with Gasteiger partial charge in [-0.05, 0) is 31.4 Å². The van der Waals surface area contributed by atoms with Crippen LogP contribution in [0, 0.1) is 0 Å². The van der Waals surface area contributed by atoms with Gasteiger partial charge >= 0.3 is 0 Å². The van der Waals surface area contributed by atoms with Crippen LogP contribution in [0.4, 0.5) is 10.9 Å². The number of thioether (sulfide) groups is 1. The second-order valence-corrected chi connectivity index (χ2v) is 8.17. The van der Waals surface area contributed by atoms with Gasteiger partial charge in [-0.15, -0.1) is 0 Å². The van der Waals surface area contributed by atoms with Crippen LogP contribution >= 0.6 is 23.1 Å². The Hall–Kier alpha value is -0.950. The molecule has 2 aliphatic carbocycles. The zero-order valence-corrected chi connectivity index (χ0v) is 13.9. The Bertz CT molecular complexity index is 515. The molecule has 2 aliphatic rings. The number of hydrogen-bond donors (Lipinski definition) is 3. The Balaban J connectivity index is 1.62. The molecule has 0 saturated heterocycles. The van der Waals surface area contributed by atoms with E-state index in [1.165, 1.54) is 37.0 Å². The first-order chi connectivity index (χ1) is 10.2. The van der Waals surface area contributed by atoms with E-state index in [1.807, 2.05) is 11.8 Å². The number of nitrogen functional groups attached to an aromatic ring is 1. The van der Waals surface area contributed by atoms with Gasteiger partial charge in [-0.3, -0.25) is 4.79 Å². The summed E-state index contributed by atoms with van der Waals surface area (Å²) in [7, 11) is 0. The lowest BCUT2D eigenvalue weighted by Crippen LogP contribution is -2.38. The van der Waals surface area contributed by atoms with Crippen LogP contribution in [-0.2, 0) is 0 Å². The average molecular weight is 326 g/mol. The minimum atomic E-state index is -0.0672. The van der Waals surface area contributed by atoms with E-state index in [0.717, 1.165) is 17.3 Å². The maximum absolute atomic E-state index is 12.4. The number of aromatic nitrogens is 1. The topological polar surface area (TPSA) is 80.0 Å². The van der Waals surface area contributed by atoms with Crippen molar-refractivity contribution in [2.24, 2.45) is 0 Å². The number of amides is 1. The van der Waals surface area contributed by atoms with E-state index >= 15 is 0 Å². The predicted octanol–water partition coefficient (Wildman–Crippen LogP) is 2.70. The molecule has 2 unspecified atom stereocenters. The number of nitrogens with one attached hydrogen (secondary N) is 2. The van der Waals surface area contributed by atoms with E-state index < -0.39 is 0 Å². The molecule has 2 fully saturated rings. The minimum Gasteiger partial charge on any atom is -0.382 e. The SMILES string of the molecule is CCSC1CCCC1NC(=O)c1sc(NC2CC2)nc1N. The molecule has 0 aromatic carbocycles. The van der Waals surface area contributed by atoms with Gasteiger partial charge in [-0.1, -0.05) is 24.7 Å². The summed E-state index contributed by atoms with van der Waals surface area (Å²) in [5.74, 6) is 1.37. The third-order valence-electron chi connectivity index (χ3n) is 3.91. The van der Waals surface area contributed by atoms with E-state index in [1.54, 1.807) is 0 Å². The molecule has 0 aliphatic heterocycles. The molecule has 5 nitrogen and oxygen atoms in total. The lowest BCUT2D eigenvalue weighted by molar-refractivity contribution is 0.0943. The zero-order chi connectivity index (χ0) is 14.8. The molecule has 3 rings (SSSR count). The van der Waals surface area contributed by atoms with Crippen molar-refractivity contribution >= 4 is 40.0 Å². The van der Waals surface area contributed by atoms with Crippen molar-refractivity contribution in [2.75, 3.05) is 16.8 Å². The van der Waals surface area contributed by atoms with Crippen LogP contribution in [0.5, 0.6) is 0 Å². The molecule has 0 bridgehead atoms. The second-order valence-electron chi connectivity index (χ2n) is 5.66. The number of thiazole rings is 1. The highest BCUT2D eigenvalue weighted by molar-refractivity contribution is 7.99. The largest absolute Gasteiger partial charge is 0.382 e. The van der Waals surface area contributed by atoms with Crippen LogP contribution in [0.1, 0.15) is 48.7 Å². The predicted molar refractivity (Wildman–Crippen MR) is 90.2 cm³/mol. The van der Waals surface area contributed by atoms with E-state index in [-0.39, 0.29) is 11.9 Å². The summed E-state index contributed by atoms with van der Waals surface area (Å²) in [5.41, 5.74) is 5.90. The molecule has 1 aromatic heterocycles. The summed E-state index contributed by atoms with van der Waals surface area (Å²) < 4.78 is 0. The normalized spacial score (nSPS) is 25.0. The molecule has 2 saturated carbocycles. The summed E-state index contributed by atoms with van der Waals surface area (Å²) in [6.07, 6.45) is 5.80. The first-order valence-electron chi connectivity index (χ1n) is 7.62. The molecule has 116 valence electrons. The van der Waals surface area contributed by atoms with Crippen LogP contribution in [0.25, 0.3) is 0 Å². The van der Waals surface area contributed by atoms with Gasteiger partial charge in [0, 0.05) is 17.3 Å². The molecule has 4 N–H and O–H groups in total. The van der Waals surface area contributed by atoms with Gasteiger partial charge in [0.25, 0.3) is 5.91 Å². The van der Waals surface area contributed by atoms with Crippen LogP contribution in [0.3, 0.4) is 0 Å². The van der Waals surface area contributed by atoms with Gasteiger partial charge in [0.15, 0.2) is 5.13 Å². The highest BCUT2D eigenvalue weighted by Gasteiger charge is 2.30. The zero-order valence-electron chi connectivity index (χ0n) is 12.2. The van der Waals surface area contributed by atoms with E-state index in [9.17, 15) is 4.79 Å². The van der Waals surface area contributed by atoms with E-state index in [0.29, 0.717) is 22.0 Å². The van der Waals surface area contributed by atoms with E-state index in [4.69, 9.17) is 5.73 Å². The fourth-order valence-electron chi connectivity index (χ4n) is 2.70. The van der Waals surface area contributed by atoms with Gasteiger partial charge in [-0.2, -0.15) is 11.8 Å². The Labute approximate surface area is 133 Å². The standard InChI is InChI=1S/C14H22N4OS2/c1-2-20-10-5-3-4-9(10)17-13(19)11-12(15)18-14(21-11)16-8-6-7-8/h8-10H,2-7,15H2,1H3,(H,16,18)(H,17,19). The summed E-state index contributed by atoms with van der Waals surface area (Å²) in [4.78, 5) is 17.2. The van der Waals surface area contributed by atoms with Crippen molar-refractivity contribution in [3.05, 3.63) is 4.88 Å². The molecule has 7 heteroatoms. The van der Waals surface area contributed by atoms with Gasteiger partial charge in [0.2, 0.25) is 0 Å². The third kappa shape index (κ3) is 3.63. The summed E-state index contributed by atoms with van der Waals surface area (Å²) in [5, 5.41) is 7.76. The minimum absolute atomic E-state index is 0.0672. The van der Waals surface area contributed by atoms with Gasteiger partial charge in [-0.25, -0.2) is 4.98 Å². The smallest absolute Gasteiger partial charge is 0.265 e. The van der Waals surface area contributed by atoms with Crippen molar-refractivity contribution in [3.63, 3.8) is 0 Å². The van der Waals surface area contributed by atoms with Crippen molar-refractivity contribution in [3.8, 4) is 0 Å². The lowest BCUT2D eigenvalue weighted by Gasteiger charge is -2.19. The number of nitrogens with two attached hydrogens (primary N) is 1. The molecule has 21 heavy (non-hydrogen) atoms. The Morgan fingerprint density at radius 1 is 1.43 bits per heavy atom. The number of rotatable bonds is 6. The average Bonchev–Trinajstić information content (AvgIpc) is 3.03. The molecule has 2 atom stereocenters. The van der Waals surface area contributed by atoms with Crippen molar-refractivity contribution in [1.29, 1.82) is 0 Å². The first kappa shape index (κ1) is 15.0. The fourth-order valence-corrected chi connectivity index (χ4v) is 4.76. The van der Waals surface area contributed by atoms with Crippen molar-refractivity contribution in [1.82, 2.24) is 10.3 Å². The lowest BCUT2D eigenvalue weighted by atomic mass is 10.2. The number of nitrogens with zero attached hydrogens (tertiary/aromatic N) is 1. The second kappa shape index (κ2) is 6.44. The molecule has 0 radical (unpaired) electrons. The van der Waals surface area contributed by atoms with Crippen LogP contribution in [-0.4, -0.2) is 34.0 Å². The number of carbonyl (C=O) groups is 1. The third-order valence-corrected chi connectivity index (χ3v) is 6.24. The highest BCUT2D eigenvalue weighted by Crippen LogP contribution is 2.32. The number of carbonyl (C=O) groups excluding carboxylic acids is 1. The number of hydrogen-bond acceptors (Lipinski definition) is 6. The summed E-state index contributed by atoms with van der Waals surface area (Å²) in [6.45, 7) is 2.17. The van der Waals surface area contributed by atoms with Gasteiger partial charge in [0.1, 0.15) is 10.7 Å². The van der Waals surface area contributed by atoms with Crippen molar-refractivity contribution < 1.29 is 4.79 Å². The van der Waals surface area contributed by atoms with Crippen molar-refractivity contribution in [2.45, 2.75) is 56.4 Å². The van der Waals surface area contributed by atoms with Gasteiger partial charge < -0.3 is 16.4 Å². The summed E-state index contributed by atoms with van der Waals surface area (Å²) in [6, 6.07) is 0.787. The molecule has 1 aromatic rings. The molecule has 0 spiro atoms. The Morgan fingerprint density at radius 3 is 2.95 bits per heavy atom. The van der Waals surface area contributed by atoms with E-state index in [2.05, 4.69) is 22.5 Å². The maximum Gasteiger partial charge on any atom is 0.265 e. The van der Waals surface area contributed by atoms with Crippen LogP contribution < -0.4 is 16.4 Å². The first-order valence-corrected chi connectivity index (χ1v) is 9.49. The fraction of sp³-hybridized carbons (Fsp3) is 0.714. The monoisotopic (exact) mass is 326 g/mol. The Morgan fingerprint density at radius 2 is 2.24 bits per heavy atom. The van der Waals surface area contributed by atoms with Gasteiger partial charge in [0.05, 0.1) is 0 Å². The number of anilines is 2. The molecular formula is C14H22N4OS2. The highest BCUT2D eigenvalue weighted by atomic mass is 32.2. The van der Waals surface area contributed by atoms with Crippen LogP contribution in [0.15, 0.2) is 0 Å².